The molecule has 1 atom stereocenters. The Morgan fingerprint density at radius 1 is 1.41 bits per heavy atom. The highest BCUT2D eigenvalue weighted by Gasteiger charge is 2.17. The summed E-state index contributed by atoms with van der Waals surface area (Å²) < 4.78 is 1.86. The number of nitrogens with zero attached hydrogens (tertiary/aromatic N) is 2. The average Bonchev–Trinajstić information content (AvgIpc) is 2.79. The standard InChI is InChI=1S/C13H20N2O2/c1-11(10-14-7-3-2-4-8-14)15-9-5-6-12(15)13(16)17/h5-6,9,11H,2-4,7-8,10H2,1H3,(H,16,17). The minimum Gasteiger partial charge on any atom is -0.477 e. The van der Waals surface area contributed by atoms with Crippen LogP contribution in [0.25, 0.3) is 0 Å². The number of hydrogen-bond acceptors (Lipinski definition) is 2. The molecule has 4 heteroatoms. The largest absolute Gasteiger partial charge is 0.477 e. The molecular formula is C13H20N2O2. The van der Waals surface area contributed by atoms with Crippen molar-refractivity contribution in [1.82, 2.24) is 9.47 Å². The van der Waals surface area contributed by atoms with Crippen molar-refractivity contribution in [1.29, 1.82) is 0 Å². The van der Waals surface area contributed by atoms with E-state index in [0.717, 1.165) is 19.6 Å². The van der Waals surface area contributed by atoms with E-state index < -0.39 is 5.97 Å². The van der Waals surface area contributed by atoms with E-state index in [-0.39, 0.29) is 6.04 Å². The lowest BCUT2D eigenvalue weighted by Gasteiger charge is -2.30. The Balaban J connectivity index is 2.00. The molecule has 17 heavy (non-hydrogen) atoms. The zero-order chi connectivity index (χ0) is 12.3. The van der Waals surface area contributed by atoms with Crippen LogP contribution in [0.3, 0.4) is 0 Å². The van der Waals surface area contributed by atoms with Gasteiger partial charge in [0.05, 0.1) is 0 Å². The van der Waals surface area contributed by atoms with E-state index >= 15 is 0 Å². The molecule has 1 N–H and O–H groups in total. The first-order valence-electron chi connectivity index (χ1n) is 6.31. The molecule has 0 aliphatic carbocycles. The van der Waals surface area contributed by atoms with Gasteiger partial charge in [-0.2, -0.15) is 0 Å². The van der Waals surface area contributed by atoms with Crippen molar-refractivity contribution in [2.45, 2.75) is 32.2 Å². The maximum atomic E-state index is 11.0. The Bertz CT molecular complexity index is 381. The van der Waals surface area contributed by atoms with Crippen LogP contribution < -0.4 is 0 Å². The molecule has 1 aliphatic heterocycles. The van der Waals surface area contributed by atoms with Crippen LogP contribution in [0.4, 0.5) is 0 Å². The first kappa shape index (κ1) is 12.2. The van der Waals surface area contributed by atoms with E-state index in [1.165, 1.54) is 19.3 Å². The molecule has 4 nitrogen and oxygen atoms in total. The van der Waals surface area contributed by atoms with Gasteiger partial charge in [0.2, 0.25) is 0 Å². The third-order valence-corrected chi connectivity index (χ3v) is 3.44. The van der Waals surface area contributed by atoms with Crippen molar-refractivity contribution in [3.63, 3.8) is 0 Å². The minimum atomic E-state index is -0.847. The van der Waals surface area contributed by atoms with E-state index in [1.54, 1.807) is 12.1 Å². The van der Waals surface area contributed by atoms with Gasteiger partial charge in [-0.1, -0.05) is 6.42 Å². The SMILES string of the molecule is CC(CN1CCCCC1)n1cccc1C(=O)O. The third kappa shape index (κ3) is 2.88. The highest BCUT2D eigenvalue weighted by atomic mass is 16.4. The summed E-state index contributed by atoms with van der Waals surface area (Å²) in [6.07, 6.45) is 5.72. The van der Waals surface area contributed by atoms with Crippen LogP contribution in [0, 0.1) is 0 Å². The Morgan fingerprint density at radius 3 is 2.76 bits per heavy atom. The maximum absolute atomic E-state index is 11.0. The number of carboxylic acids is 1. The van der Waals surface area contributed by atoms with Crippen molar-refractivity contribution in [3.8, 4) is 0 Å². The first-order valence-corrected chi connectivity index (χ1v) is 6.31. The van der Waals surface area contributed by atoms with Crippen molar-refractivity contribution in [2.75, 3.05) is 19.6 Å². The fraction of sp³-hybridized carbons (Fsp3) is 0.615. The van der Waals surface area contributed by atoms with Crippen LogP contribution in [-0.2, 0) is 0 Å². The van der Waals surface area contributed by atoms with Crippen molar-refractivity contribution < 1.29 is 9.90 Å². The Kier molecular flexibility index (Phi) is 3.84. The molecule has 2 heterocycles. The topological polar surface area (TPSA) is 45.5 Å². The summed E-state index contributed by atoms with van der Waals surface area (Å²) in [5.41, 5.74) is 0.384. The summed E-state index contributed by atoms with van der Waals surface area (Å²) >= 11 is 0. The molecule has 0 amide bonds. The second-order valence-corrected chi connectivity index (χ2v) is 4.82. The smallest absolute Gasteiger partial charge is 0.352 e. The quantitative estimate of drug-likeness (QED) is 0.872. The molecule has 0 aromatic carbocycles. The lowest BCUT2D eigenvalue weighted by Crippen LogP contribution is -2.34. The van der Waals surface area contributed by atoms with Crippen LogP contribution in [0.2, 0.25) is 0 Å². The number of rotatable bonds is 4. The van der Waals surface area contributed by atoms with E-state index in [4.69, 9.17) is 5.11 Å². The van der Waals surface area contributed by atoms with E-state index in [0.29, 0.717) is 5.69 Å². The van der Waals surface area contributed by atoms with E-state index in [2.05, 4.69) is 11.8 Å². The predicted octanol–water partition coefficient (Wildman–Crippen LogP) is 2.23. The Hall–Kier alpha value is -1.29. The molecule has 1 aromatic rings. The molecule has 0 bridgehead atoms. The molecule has 2 rings (SSSR count). The van der Waals surface area contributed by atoms with Gasteiger partial charge in [0, 0.05) is 18.8 Å². The second kappa shape index (κ2) is 5.36. The van der Waals surface area contributed by atoms with E-state index in [9.17, 15) is 4.79 Å². The summed E-state index contributed by atoms with van der Waals surface area (Å²) in [5.74, 6) is -0.847. The van der Waals surface area contributed by atoms with Crippen molar-refractivity contribution in [2.24, 2.45) is 0 Å². The summed E-state index contributed by atoms with van der Waals surface area (Å²) in [6, 6.07) is 3.68. The molecule has 1 aliphatic rings. The number of carboxylic acid groups (broad SMARTS) is 1. The molecule has 1 unspecified atom stereocenters. The normalized spacial score (nSPS) is 19.1. The number of piperidine rings is 1. The fourth-order valence-electron chi connectivity index (χ4n) is 2.56. The number of hydrogen-bond donors (Lipinski definition) is 1. The van der Waals surface area contributed by atoms with Gasteiger partial charge in [0.15, 0.2) is 0 Å². The number of aromatic carboxylic acids is 1. The second-order valence-electron chi connectivity index (χ2n) is 4.82. The van der Waals surface area contributed by atoms with Gasteiger partial charge in [-0.15, -0.1) is 0 Å². The summed E-state index contributed by atoms with van der Waals surface area (Å²) in [4.78, 5) is 13.5. The Labute approximate surface area is 102 Å². The minimum absolute atomic E-state index is 0.217. The Morgan fingerprint density at radius 2 is 2.12 bits per heavy atom. The van der Waals surface area contributed by atoms with Crippen molar-refractivity contribution in [3.05, 3.63) is 24.0 Å². The maximum Gasteiger partial charge on any atom is 0.352 e. The molecule has 0 radical (unpaired) electrons. The van der Waals surface area contributed by atoms with Gasteiger partial charge in [-0.25, -0.2) is 4.79 Å². The van der Waals surface area contributed by atoms with Crippen LogP contribution in [0.5, 0.6) is 0 Å². The number of aromatic nitrogens is 1. The highest BCUT2D eigenvalue weighted by molar-refractivity contribution is 5.85. The van der Waals surface area contributed by atoms with Crippen molar-refractivity contribution >= 4 is 5.97 Å². The molecular weight excluding hydrogens is 216 g/mol. The van der Waals surface area contributed by atoms with Gasteiger partial charge in [0.25, 0.3) is 0 Å². The molecule has 1 aromatic heterocycles. The predicted molar refractivity (Wildman–Crippen MR) is 66.4 cm³/mol. The average molecular weight is 236 g/mol. The first-order chi connectivity index (χ1) is 8.18. The van der Waals surface area contributed by atoms with Crippen LogP contribution in [0.15, 0.2) is 18.3 Å². The number of likely N-dealkylation sites (tertiary alicyclic amines) is 1. The zero-order valence-corrected chi connectivity index (χ0v) is 10.3. The summed E-state index contributed by atoms with van der Waals surface area (Å²) in [7, 11) is 0. The molecule has 0 spiro atoms. The summed E-state index contributed by atoms with van der Waals surface area (Å²) in [5, 5.41) is 9.07. The lowest BCUT2D eigenvalue weighted by atomic mass is 10.1. The van der Waals surface area contributed by atoms with Gasteiger partial charge in [-0.3, -0.25) is 0 Å². The van der Waals surface area contributed by atoms with Gasteiger partial charge >= 0.3 is 5.97 Å². The van der Waals surface area contributed by atoms with Crippen LogP contribution >= 0.6 is 0 Å². The zero-order valence-electron chi connectivity index (χ0n) is 10.3. The fourth-order valence-corrected chi connectivity index (χ4v) is 2.56. The molecule has 1 saturated heterocycles. The van der Waals surface area contributed by atoms with Crippen LogP contribution in [0.1, 0.15) is 42.7 Å². The van der Waals surface area contributed by atoms with Gasteiger partial charge in [-0.05, 0) is 45.0 Å². The molecule has 1 fully saturated rings. The van der Waals surface area contributed by atoms with E-state index in [1.807, 2.05) is 10.8 Å². The summed E-state index contributed by atoms with van der Waals surface area (Å²) in [6.45, 7) is 5.32. The third-order valence-electron chi connectivity index (χ3n) is 3.44. The monoisotopic (exact) mass is 236 g/mol. The molecule has 94 valence electrons. The van der Waals surface area contributed by atoms with Crippen LogP contribution in [-0.4, -0.2) is 40.2 Å². The highest BCUT2D eigenvalue weighted by Crippen LogP contribution is 2.16. The molecule has 0 saturated carbocycles. The number of carbonyl (C=O) groups is 1. The van der Waals surface area contributed by atoms with Gasteiger partial charge < -0.3 is 14.6 Å². The van der Waals surface area contributed by atoms with Gasteiger partial charge in [0.1, 0.15) is 5.69 Å². The lowest BCUT2D eigenvalue weighted by molar-refractivity contribution is 0.0681.